The van der Waals surface area contributed by atoms with E-state index in [9.17, 15) is 9.59 Å². The molecule has 0 aromatic heterocycles. The fraction of sp³-hybridized carbons (Fsp3) is 0.333. The second kappa shape index (κ2) is 7.09. The van der Waals surface area contributed by atoms with E-state index in [1.807, 2.05) is 47.4 Å². The molecule has 3 rings (SSSR count). The van der Waals surface area contributed by atoms with Crippen LogP contribution in [0.4, 0.5) is 5.69 Å². The summed E-state index contributed by atoms with van der Waals surface area (Å²) in [4.78, 5) is 25.9. The number of anilines is 1. The maximum Gasteiger partial charge on any atom is 0.258 e. The van der Waals surface area contributed by atoms with Crippen molar-refractivity contribution in [2.75, 3.05) is 11.4 Å². The predicted molar refractivity (Wildman–Crippen MR) is 99.7 cm³/mol. The molecule has 0 bridgehead atoms. The van der Waals surface area contributed by atoms with Gasteiger partial charge in [0.2, 0.25) is 5.91 Å². The summed E-state index contributed by atoms with van der Waals surface area (Å²) in [6.07, 6.45) is 0. The number of carbonyl (C=O) groups is 2. The normalized spacial score (nSPS) is 16.0. The highest BCUT2D eigenvalue weighted by Gasteiger charge is 2.33. The molecule has 0 aliphatic carbocycles. The molecule has 2 aromatic carbocycles. The summed E-state index contributed by atoms with van der Waals surface area (Å²) in [6.45, 7) is 7.10. The fourth-order valence-electron chi connectivity index (χ4n) is 3.35. The summed E-state index contributed by atoms with van der Waals surface area (Å²) < 4.78 is 0. The molecule has 4 nitrogen and oxygen atoms in total. The van der Waals surface area contributed by atoms with E-state index < -0.39 is 0 Å². The van der Waals surface area contributed by atoms with Gasteiger partial charge >= 0.3 is 0 Å². The van der Waals surface area contributed by atoms with Crippen LogP contribution >= 0.6 is 0 Å². The van der Waals surface area contributed by atoms with Crippen LogP contribution in [0.5, 0.6) is 0 Å². The third-order valence-corrected chi connectivity index (χ3v) is 4.80. The summed E-state index contributed by atoms with van der Waals surface area (Å²) in [5.74, 6) is 0.827. The van der Waals surface area contributed by atoms with E-state index >= 15 is 0 Å². The highest BCUT2D eigenvalue weighted by molar-refractivity contribution is 6.07. The molecule has 0 unspecified atom stereocenters. The minimum Gasteiger partial charge on any atom is -0.352 e. The number of carbonyl (C=O) groups excluding carboxylic acids is 2. The van der Waals surface area contributed by atoms with E-state index in [0.717, 1.165) is 17.8 Å². The number of nitrogens with zero attached hydrogens (tertiary/aromatic N) is 1. The van der Waals surface area contributed by atoms with Crippen LogP contribution < -0.4 is 10.2 Å². The van der Waals surface area contributed by atoms with E-state index in [0.29, 0.717) is 23.9 Å². The Morgan fingerprint density at radius 2 is 1.80 bits per heavy atom. The molecule has 130 valence electrons. The molecule has 2 amide bonds. The number of hydrogen-bond acceptors (Lipinski definition) is 2. The van der Waals surface area contributed by atoms with Crippen molar-refractivity contribution < 1.29 is 9.59 Å². The summed E-state index contributed by atoms with van der Waals surface area (Å²) >= 11 is 0. The summed E-state index contributed by atoms with van der Waals surface area (Å²) in [6, 6.07) is 15.6. The van der Waals surface area contributed by atoms with Gasteiger partial charge in [0.05, 0.1) is 0 Å². The molecule has 2 aromatic rings. The van der Waals surface area contributed by atoms with E-state index in [1.54, 1.807) is 0 Å². The van der Waals surface area contributed by atoms with Gasteiger partial charge in [-0.2, -0.15) is 0 Å². The Morgan fingerprint density at radius 1 is 1.12 bits per heavy atom. The summed E-state index contributed by atoms with van der Waals surface area (Å²) in [5.41, 5.74) is 3.93. The molecule has 1 aliphatic heterocycles. The SMILES string of the molecule is CC(=O)NCc1ccc(C(=O)N2C[C@@H](C(C)C)c3ccccc32)cc1. The van der Waals surface area contributed by atoms with Gasteiger partial charge in [-0.15, -0.1) is 0 Å². The van der Waals surface area contributed by atoms with Gasteiger partial charge in [0.25, 0.3) is 5.91 Å². The molecular formula is C21H24N2O2. The second-order valence-electron chi connectivity index (χ2n) is 6.93. The zero-order valence-electron chi connectivity index (χ0n) is 15.0. The highest BCUT2D eigenvalue weighted by Crippen LogP contribution is 2.40. The van der Waals surface area contributed by atoms with Crippen LogP contribution in [0.15, 0.2) is 48.5 Å². The van der Waals surface area contributed by atoms with Gasteiger partial charge in [-0.1, -0.05) is 44.2 Å². The lowest BCUT2D eigenvalue weighted by Gasteiger charge is -2.19. The maximum atomic E-state index is 13.0. The molecule has 25 heavy (non-hydrogen) atoms. The van der Waals surface area contributed by atoms with Crippen LogP contribution in [0.3, 0.4) is 0 Å². The standard InChI is InChI=1S/C21H24N2O2/c1-14(2)19-13-23(20-7-5-4-6-18(19)20)21(25)17-10-8-16(9-11-17)12-22-15(3)24/h4-11,14,19H,12-13H2,1-3H3,(H,22,24)/t19-/m0/s1. The van der Waals surface area contributed by atoms with Crippen molar-refractivity contribution >= 4 is 17.5 Å². The van der Waals surface area contributed by atoms with Crippen LogP contribution in [0.25, 0.3) is 0 Å². The first-order valence-electron chi connectivity index (χ1n) is 8.71. The van der Waals surface area contributed by atoms with E-state index in [4.69, 9.17) is 0 Å². The van der Waals surface area contributed by atoms with Gasteiger partial charge in [0.1, 0.15) is 0 Å². The quantitative estimate of drug-likeness (QED) is 0.925. The van der Waals surface area contributed by atoms with E-state index in [2.05, 4.69) is 25.2 Å². The maximum absolute atomic E-state index is 13.0. The molecular weight excluding hydrogens is 312 g/mol. The molecule has 0 radical (unpaired) electrons. The van der Waals surface area contributed by atoms with Gasteiger partial charge in [0, 0.05) is 37.2 Å². The molecule has 4 heteroatoms. The van der Waals surface area contributed by atoms with Gasteiger partial charge in [-0.3, -0.25) is 9.59 Å². The highest BCUT2D eigenvalue weighted by atomic mass is 16.2. The van der Waals surface area contributed by atoms with Gasteiger partial charge < -0.3 is 10.2 Å². The average molecular weight is 336 g/mol. The van der Waals surface area contributed by atoms with Crippen LogP contribution in [0.1, 0.15) is 48.2 Å². The van der Waals surface area contributed by atoms with E-state index in [-0.39, 0.29) is 11.8 Å². The monoisotopic (exact) mass is 336 g/mol. The number of amides is 2. The van der Waals surface area contributed by atoms with Gasteiger partial charge in [-0.25, -0.2) is 0 Å². The number of rotatable bonds is 4. The van der Waals surface area contributed by atoms with Crippen molar-refractivity contribution in [3.63, 3.8) is 0 Å². The third-order valence-electron chi connectivity index (χ3n) is 4.80. The second-order valence-corrected chi connectivity index (χ2v) is 6.93. The molecule has 1 atom stereocenters. The van der Waals surface area contributed by atoms with Crippen molar-refractivity contribution in [2.24, 2.45) is 5.92 Å². The fourth-order valence-corrected chi connectivity index (χ4v) is 3.35. The minimum atomic E-state index is -0.0615. The van der Waals surface area contributed by atoms with Gasteiger partial charge in [-0.05, 0) is 35.2 Å². The van der Waals surface area contributed by atoms with Crippen molar-refractivity contribution in [3.05, 3.63) is 65.2 Å². The van der Waals surface area contributed by atoms with Gasteiger partial charge in [0.15, 0.2) is 0 Å². The van der Waals surface area contributed by atoms with E-state index in [1.165, 1.54) is 12.5 Å². The van der Waals surface area contributed by atoms with Crippen LogP contribution in [0.2, 0.25) is 0 Å². The summed E-state index contributed by atoms with van der Waals surface area (Å²) in [5, 5.41) is 2.76. The van der Waals surface area contributed by atoms with Crippen molar-refractivity contribution in [3.8, 4) is 0 Å². The lowest BCUT2D eigenvalue weighted by Crippen LogP contribution is -2.30. The Kier molecular flexibility index (Phi) is 4.88. The lowest BCUT2D eigenvalue weighted by molar-refractivity contribution is -0.119. The Morgan fingerprint density at radius 3 is 2.44 bits per heavy atom. The number of para-hydroxylation sites is 1. The molecule has 1 aliphatic rings. The first kappa shape index (κ1) is 17.2. The smallest absolute Gasteiger partial charge is 0.258 e. The molecule has 0 spiro atoms. The number of hydrogen-bond donors (Lipinski definition) is 1. The molecule has 0 saturated heterocycles. The minimum absolute atomic E-state index is 0.0293. The average Bonchev–Trinajstić information content (AvgIpc) is 3.00. The zero-order valence-corrected chi connectivity index (χ0v) is 15.0. The van der Waals surface area contributed by atoms with Crippen LogP contribution in [-0.4, -0.2) is 18.4 Å². The number of nitrogens with one attached hydrogen (secondary N) is 1. The third kappa shape index (κ3) is 3.58. The van der Waals surface area contributed by atoms with Crippen molar-refractivity contribution in [1.29, 1.82) is 0 Å². The van der Waals surface area contributed by atoms with Crippen LogP contribution in [0, 0.1) is 5.92 Å². The first-order valence-corrected chi connectivity index (χ1v) is 8.71. The van der Waals surface area contributed by atoms with Crippen molar-refractivity contribution in [2.45, 2.75) is 33.2 Å². The van der Waals surface area contributed by atoms with Crippen LogP contribution in [-0.2, 0) is 11.3 Å². The Balaban J connectivity index is 1.80. The zero-order chi connectivity index (χ0) is 18.0. The Labute approximate surface area is 148 Å². The predicted octanol–water partition coefficient (Wildman–Crippen LogP) is 3.72. The topological polar surface area (TPSA) is 49.4 Å². The number of benzene rings is 2. The Bertz CT molecular complexity index is 781. The molecule has 0 saturated carbocycles. The Hall–Kier alpha value is -2.62. The molecule has 0 fully saturated rings. The summed E-state index contributed by atoms with van der Waals surface area (Å²) in [7, 11) is 0. The largest absolute Gasteiger partial charge is 0.352 e. The lowest BCUT2D eigenvalue weighted by atomic mass is 9.90. The first-order chi connectivity index (χ1) is 12.0. The molecule has 1 N–H and O–H groups in total. The van der Waals surface area contributed by atoms with Crippen molar-refractivity contribution in [1.82, 2.24) is 5.32 Å². The number of fused-ring (bicyclic) bond motifs is 1. The molecule has 1 heterocycles.